The summed E-state index contributed by atoms with van der Waals surface area (Å²) in [6.45, 7) is 4.02. The molecule has 24 heavy (non-hydrogen) atoms. The molecule has 1 fully saturated rings. The molecule has 0 saturated carbocycles. The number of rotatable bonds is 4. The zero-order valence-electron chi connectivity index (χ0n) is 13.8. The van der Waals surface area contributed by atoms with Gasteiger partial charge in [0, 0.05) is 11.6 Å². The van der Waals surface area contributed by atoms with Crippen molar-refractivity contribution in [2.45, 2.75) is 19.4 Å². The molecule has 0 radical (unpaired) electrons. The third-order valence-corrected chi connectivity index (χ3v) is 4.36. The number of H-pyrrole nitrogens is 1. The average Bonchev–Trinajstić information content (AvgIpc) is 3.07. The fraction of sp³-hybridized carbons (Fsp3) is 0.412. The standard InChI is InChI=1S/C17H22N4O2.ClH/c1-11-9-18-8-7-15(11)20-17(22)14-10-19-21-16(14)12-3-5-13(23-2)6-4-12;/h3-6,10-11,15,18H,7-9H2,1-2H3,(H,19,21)(H,20,22);1H. The molecule has 2 heterocycles. The van der Waals surface area contributed by atoms with Crippen LogP contribution in [0.3, 0.4) is 0 Å². The molecule has 3 rings (SSSR count). The number of benzene rings is 1. The van der Waals surface area contributed by atoms with Gasteiger partial charge in [-0.15, -0.1) is 12.4 Å². The number of aromatic amines is 1. The van der Waals surface area contributed by atoms with Crippen molar-refractivity contribution in [3.63, 3.8) is 0 Å². The van der Waals surface area contributed by atoms with Crippen LogP contribution in [0.5, 0.6) is 5.75 Å². The second-order valence-corrected chi connectivity index (χ2v) is 5.94. The molecule has 1 aromatic carbocycles. The topological polar surface area (TPSA) is 79.0 Å². The van der Waals surface area contributed by atoms with Crippen LogP contribution in [0, 0.1) is 5.92 Å². The summed E-state index contributed by atoms with van der Waals surface area (Å²) in [5.41, 5.74) is 2.21. The molecule has 7 heteroatoms. The minimum atomic E-state index is -0.0803. The van der Waals surface area contributed by atoms with Crippen LogP contribution in [0.1, 0.15) is 23.7 Å². The van der Waals surface area contributed by atoms with Crippen LogP contribution >= 0.6 is 12.4 Å². The number of methoxy groups -OCH3 is 1. The van der Waals surface area contributed by atoms with Crippen molar-refractivity contribution < 1.29 is 9.53 Å². The highest BCUT2D eigenvalue weighted by atomic mass is 35.5. The van der Waals surface area contributed by atoms with Gasteiger partial charge in [-0.25, -0.2) is 0 Å². The Bertz CT molecular complexity index is 671. The molecule has 1 aliphatic heterocycles. The third kappa shape index (κ3) is 3.88. The first-order valence-corrected chi connectivity index (χ1v) is 7.88. The van der Waals surface area contributed by atoms with Crippen molar-refractivity contribution in [1.82, 2.24) is 20.8 Å². The Labute approximate surface area is 147 Å². The summed E-state index contributed by atoms with van der Waals surface area (Å²) in [6, 6.07) is 7.76. The van der Waals surface area contributed by atoms with E-state index in [4.69, 9.17) is 4.74 Å². The van der Waals surface area contributed by atoms with Crippen molar-refractivity contribution in [3.8, 4) is 17.0 Å². The first-order valence-electron chi connectivity index (χ1n) is 7.88. The van der Waals surface area contributed by atoms with E-state index >= 15 is 0 Å². The van der Waals surface area contributed by atoms with Gasteiger partial charge < -0.3 is 15.4 Å². The molecule has 0 aliphatic carbocycles. The summed E-state index contributed by atoms with van der Waals surface area (Å²) in [4.78, 5) is 12.6. The van der Waals surface area contributed by atoms with Crippen LogP contribution in [-0.4, -0.2) is 42.3 Å². The summed E-state index contributed by atoms with van der Waals surface area (Å²) >= 11 is 0. The maximum absolute atomic E-state index is 12.6. The highest BCUT2D eigenvalue weighted by Crippen LogP contribution is 2.24. The number of hydrogen-bond acceptors (Lipinski definition) is 4. The van der Waals surface area contributed by atoms with E-state index < -0.39 is 0 Å². The van der Waals surface area contributed by atoms with E-state index in [9.17, 15) is 4.79 Å². The normalized spacial score (nSPS) is 20.1. The van der Waals surface area contributed by atoms with Crippen molar-refractivity contribution >= 4 is 18.3 Å². The molecule has 0 bridgehead atoms. The number of carbonyl (C=O) groups is 1. The van der Waals surface area contributed by atoms with Crippen LogP contribution in [0.4, 0.5) is 0 Å². The van der Waals surface area contributed by atoms with Gasteiger partial charge in [0.25, 0.3) is 5.91 Å². The number of nitrogens with zero attached hydrogens (tertiary/aromatic N) is 1. The number of aromatic nitrogens is 2. The molecule has 2 aromatic rings. The monoisotopic (exact) mass is 350 g/mol. The maximum atomic E-state index is 12.6. The van der Waals surface area contributed by atoms with E-state index in [0.29, 0.717) is 11.5 Å². The third-order valence-electron chi connectivity index (χ3n) is 4.36. The predicted molar refractivity (Wildman–Crippen MR) is 95.7 cm³/mol. The van der Waals surface area contributed by atoms with Crippen LogP contribution < -0.4 is 15.4 Å². The summed E-state index contributed by atoms with van der Waals surface area (Å²) in [7, 11) is 1.63. The van der Waals surface area contributed by atoms with Gasteiger partial charge in [-0.3, -0.25) is 9.89 Å². The molecule has 3 N–H and O–H groups in total. The summed E-state index contributed by atoms with van der Waals surface area (Å²) in [5, 5.41) is 13.4. The van der Waals surface area contributed by atoms with E-state index in [1.807, 2.05) is 24.3 Å². The molecule has 2 unspecified atom stereocenters. The molecule has 1 amide bonds. The van der Waals surface area contributed by atoms with E-state index in [-0.39, 0.29) is 24.4 Å². The Morgan fingerprint density at radius 1 is 1.33 bits per heavy atom. The van der Waals surface area contributed by atoms with Gasteiger partial charge >= 0.3 is 0 Å². The Balaban J connectivity index is 0.00000208. The van der Waals surface area contributed by atoms with E-state index in [0.717, 1.165) is 36.5 Å². The maximum Gasteiger partial charge on any atom is 0.255 e. The molecular formula is C17H23ClN4O2. The Kier molecular flexibility index (Phi) is 6.23. The number of carbonyl (C=O) groups excluding carboxylic acids is 1. The molecule has 6 nitrogen and oxygen atoms in total. The zero-order valence-corrected chi connectivity index (χ0v) is 14.7. The van der Waals surface area contributed by atoms with Crippen molar-refractivity contribution in [1.29, 1.82) is 0 Å². The van der Waals surface area contributed by atoms with Crippen molar-refractivity contribution in [3.05, 3.63) is 36.0 Å². The van der Waals surface area contributed by atoms with Crippen LogP contribution in [0.15, 0.2) is 30.5 Å². The number of amides is 1. The predicted octanol–water partition coefficient (Wildman–Crippen LogP) is 2.23. The minimum absolute atomic E-state index is 0. The Morgan fingerprint density at radius 3 is 2.75 bits per heavy atom. The first kappa shape index (κ1) is 18.3. The summed E-state index contributed by atoms with van der Waals surface area (Å²) in [5.74, 6) is 1.12. The molecule has 130 valence electrons. The van der Waals surface area contributed by atoms with Gasteiger partial charge in [-0.2, -0.15) is 5.10 Å². The Morgan fingerprint density at radius 2 is 2.08 bits per heavy atom. The number of halogens is 1. The van der Waals surface area contributed by atoms with Crippen LogP contribution in [-0.2, 0) is 0 Å². The molecule has 1 saturated heterocycles. The molecule has 0 spiro atoms. The van der Waals surface area contributed by atoms with Crippen LogP contribution in [0.2, 0.25) is 0 Å². The highest BCUT2D eigenvalue weighted by molar-refractivity contribution is 5.99. The fourth-order valence-corrected chi connectivity index (χ4v) is 2.91. The summed E-state index contributed by atoms with van der Waals surface area (Å²) < 4.78 is 5.17. The fourth-order valence-electron chi connectivity index (χ4n) is 2.91. The lowest BCUT2D eigenvalue weighted by atomic mass is 9.95. The van der Waals surface area contributed by atoms with E-state index in [1.54, 1.807) is 13.3 Å². The Hall–Kier alpha value is -2.05. The number of ether oxygens (including phenoxy) is 1. The lowest BCUT2D eigenvalue weighted by Crippen LogP contribution is -2.48. The molecule has 1 aromatic heterocycles. The zero-order chi connectivity index (χ0) is 16.2. The van der Waals surface area contributed by atoms with E-state index in [2.05, 4.69) is 27.8 Å². The highest BCUT2D eigenvalue weighted by Gasteiger charge is 2.24. The lowest BCUT2D eigenvalue weighted by Gasteiger charge is -2.30. The second kappa shape index (κ2) is 8.17. The largest absolute Gasteiger partial charge is 0.497 e. The van der Waals surface area contributed by atoms with Crippen molar-refractivity contribution in [2.24, 2.45) is 5.92 Å². The number of nitrogens with one attached hydrogen (secondary N) is 3. The minimum Gasteiger partial charge on any atom is -0.497 e. The van der Waals surface area contributed by atoms with E-state index in [1.165, 1.54) is 0 Å². The first-order chi connectivity index (χ1) is 11.2. The van der Waals surface area contributed by atoms with Gasteiger partial charge in [0.05, 0.1) is 24.6 Å². The molecular weight excluding hydrogens is 328 g/mol. The second-order valence-electron chi connectivity index (χ2n) is 5.94. The van der Waals surface area contributed by atoms with Gasteiger partial charge in [-0.05, 0) is 49.7 Å². The van der Waals surface area contributed by atoms with Gasteiger partial charge in [-0.1, -0.05) is 6.92 Å². The average molecular weight is 351 g/mol. The van der Waals surface area contributed by atoms with Gasteiger partial charge in [0.1, 0.15) is 5.75 Å². The SMILES string of the molecule is COc1ccc(-c2[nH]ncc2C(=O)NC2CCNCC2C)cc1.Cl. The molecule has 2 atom stereocenters. The molecule has 1 aliphatic rings. The van der Waals surface area contributed by atoms with Gasteiger partial charge in [0.2, 0.25) is 0 Å². The lowest BCUT2D eigenvalue weighted by molar-refractivity contribution is 0.0915. The van der Waals surface area contributed by atoms with Crippen LogP contribution in [0.25, 0.3) is 11.3 Å². The van der Waals surface area contributed by atoms with Gasteiger partial charge in [0.15, 0.2) is 0 Å². The number of hydrogen-bond donors (Lipinski definition) is 3. The van der Waals surface area contributed by atoms with Crippen molar-refractivity contribution in [2.75, 3.05) is 20.2 Å². The smallest absolute Gasteiger partial charge is 0.255 e. The number of piperidine rings is 1. The quantitative estimate of drug-likeness (QED) is 0.790. The summed E-state index contributed by atoms with van der Waals surface area (Å²) in [6.07, 6.45) is 2.53.